The number of aliphatic hydroxyl groups is 1. The summed E-state index contributed by atoms with van der Waals surface area (Å²) >= 11 is 0. The Labute approximate surface area is 73.4 Å². The topological polar surface area (TPSA) is 20.2 Å². The Kier molecular flexibility index (Phi) is 3.06. The fourth-order valence-electron chi connectivity index (χ4n) is 1.06. The zero-order chi connectivity index (χ0) is 8.97. The van der Waals surface area contributed by atoms with Gasteiger partial charge in [0.05, 0.1) is 6.10 Å². The molecule has 0 aliphatic heterocycles. The third kappa shape index (κ3) is 2.21. The minimum absolute atomic E-state index is 0.462. The lowest BCUT2D eigenvalue weighted by Gasteiger charge is -2.05. The van der Waals surface area contributed by atoms with Gasteiger partial charge in [-0.15, -0.1) is 0 Å². The standard InChI is InChI=1S/C11H14O/c1-3-4-11(12)10-7-5-9(2)6-8-10/h3-8,11-12H,1-2H3/b4-3+. The summed E-state index contributed by atoms with van der Waals surface area (Å²) < 4.78 is 0. The van der Waals surface area contributed by atoms with Gasteiger partial charge in [0.15, 0.2) is 0 Å². The van der Waals surface area contributed by atoms with Crippen molar-refractivity contribution in [3.8, 4) is 0 Å². The maximum absolute atomic E-state index is 9.52. The van der Waals surface area contributed by atoms with Crippen molar-refractivity contribution < 1.29 is 5.11 Å². The SMILES string of the molecule is C/C=C/C(O)c1ccc(C)cc1. The Balaban J connectivity index is 2.82. The van der Waals surface area contributed by atoms with Gasteiger partial charge in [0, 0.05) is 0 Å². The fourth-order valence-corrected chi connectivity index (χ4v) is 1.06. The van der Waals surface area contributed by atoms with E-state index in [-0.39, 0.29) is 0 Å². The van der Waals surface area contributed by atoms with E-state index in [4.69, 9.17) is 0 Å². The van der Waals surface area contributed by atoms with Gasteiger partial charge in [-0.3, -0.25) is 0 Å². The molecule has 0 spiro atoms. The minimum Gasteiger partial charge on any atom is -0.384 e. The molecule has 1 aromatic rings. The summed E-state index contributed by atoms with van der Waals surface area (Å²) in [6, 6.07) is 7.89. The van der Waals surface area contributed by atoms with Gasteiger partial charge in [-0.1, -0.05) is 42.0 Å². The van der Waals surface area contributed by atoms with E-state index in [1.165, 1.54) is 5.56 Å². The van der Waals surface area contributed by atoms with Crippen molar-refractivity contribution in [2.75, 3.05) is 0 Å². The van der Waals surface area contributed by atoms with Crippen LogP contribution < -0.4 is 0 Å². The summed E-state index contributed by atoms with van der Waals surface area (Å²) in [6.07, 6.45) is 3.16. The van der Waals surface area contributed by atoms with Crippen LogP contribution in [0.15, 0.2) is 36.4 Å². The molecule has 0 saturated heterocycles. The first kappa shape index (κ1) is 9.01. The van der Waals surface area contributed by atoms with Crippen molar-refractivity contribution >= 4 is 0 Å². The number of aliphatic hydroxyl groups excluding tert-OH is 1. The quantitative estimate of drug-likeness (QED) is 0.663. The van der Waals surface area contributed by atoms with Crippen LogP contribution in [-0.2, 0) is 0 Å². The maximum atomic E-state index is 9.52. The monoisotopic (exact) mass is 162 g/mol. The highest BCUT2D eigenvalue weighted by atomic mass is 16.3. The van der Waals surface area contributed by atoms with E-state index in [9.17, 15) is 5.11 Å². The summed E-state index contributed by atoms with van der Waals surface area (Å²) in [5, 5.41) is 9.52. The highest BCUT2D eigenvalue weighted by Gasteiger charge is 2.00. The first-order chi connectivity index (χ1) is 5.74. The van der Waals surface area contributed by atoms with Gasteiger partial charge in [-0.2, -0.15) is 0 Å². The van der Waals surface area contributed by atoms with Crippen LogP contribution >= 0.6 is 0 Å². The van der Waals surface area contributed by atoms with Crippen LogP contribution in [-0.4, -0.2) is 5.11 Å². The number of allylic oxidation sites excluding steroid dienone is 1. The molecule has 0 aliphatic rings. The van der Waals surface area contributed by atoms with Crippen LogP contribution in [0.4, 0.5) is 0 Å². The molecule has 0 aromatic heterocycles. The third-order valence-electron chi connectivity index (χ3n) is 1.79. The molecule has 12 heavy (non-hydrogen) atoms. The summed E-state index contributed by atoms with van der Waals surface area (Å²) in [5.41, 5.74) is 2.16. The number of hydrogen-bond donors (Lipinski definition) is 1. The number of benzene rings is 1. The second kappa shape index (κ2) is 4.07. The molecule has 1 nitrogen and oxygen atoms in total. The third-order valence-corrected chi connectivity index (χ3v) is 1.79. The normalized spacial score (nSPS) is 13.6. The summed E-state index contributed by atoms with van der Waals surface area (Å²) in [5.74, 6) is 0. The van der Waals surface area contributed by atoms with Gasteiger partial charge >= 0.3 is 0 Å². The van der Waals surface area contributed by atoms with E-state index in [0.717, 1.165) is 5.56 Å². The molecule has 0 bridgehead atoms. The largest absolute Gasteiger partial charge is 0.384 e. The van der Waals surface area contributed by atoms with E-state index in [1.807, 2.05) is 44.2 Å². The van der Waals surface area contributed by atoms with Gasteiger partial charge in [0.2, 0.25) is 0 Å². The fraction of sp³-hybridized carbons (Fsp3) is 0.273. The highest BCUT2D eigenvalue weighted by molar-refractivity contribution is 5.25. The Morgan fingerprint density at radius 3 is 2.33 bits per heavy atom. The summed E-state index contributed by atoms with van der Waals surface area (Å²) in [7, 11) is 0. The number of hydrogen-bond acceptors (Lipinski definition) is 1. The molecule has 0 radical (unpaired) electrons. The van der Waals surface area contributed by atoms with Gasteiger partial charge < -0.3 is 5.11 Å². The maximum Gasteiger partial charge on any atom is 0.0971 e. The Morgan fingerprint density at radius 2 is 1.83 bits per heavy atom. The zero-order valence-corrected chi connectivity index (χ0v) is 7.49. The summed E-state index contributed by atoms with van der Waals surface area (Å²) in [4.78, 5) is 0. The van der Waals surface area contributed by atoms with Crippen LogP contribution in [0.2, 0.25) is 0 Å². The molecule has 1 rings (SSSR count). The Hall–Kier alpha value is -1.08. The van der Waals surface area contributed by atoms with E-state index < -0.39 is 6.10 Å². The lowest BCUT2D eigenvalue weighted by molar-refractivity contribution is 0.228. The molecule has 1 heteroatoms. The smallest absolute Gasteiger partial charge is 0.0971 e. The van der Waals surface area contributed by atoms with Gasteiger partial charge in [-0.25, -0.2) is 0 Å². The van der Waals surface area contributed by atoms with Crippen molar-refractivity contribution in [1.29, 1.82) is 0 Å². The number of aryl methyl sites for hydroxylation is 1. The average Bonchev–Trinajstić information content (AvgIpc) is 2.06. The van der Waals surface area contributed by atoms with Gasteiger partial charge in [0.25, 0.3) is 0 Å². The molecule has 64 valence electrons. The van der Waals surface area contributed by atoms with Gasteiger partial charge in [0.1, 0.15) is 0 Å². The lowest BCUT2D eigenvalue weighted by Crippen LogP contribution is -1.91. The molecule has 0 saturated carbocycles. The molecule has 0 heterocycles. The van der Waals surface area contributed by atoms with Gasteiger partial charge in [-0.05, 0) is 19.4 Å². The Bertz CT molecular complexity index is 259. The van der Waals surface area contributed by atoms with Crippen LogP contribution in [0.1, 0.15) is 24.2 Å². The first-order valence-corrected chi connectivity index (χ1v) is 4.11. The highest BCUT2D eigenvalue weighted by Crippen LogP contribution is 2.14. The molecule has 0 fully saturated rings. The second-order valence-corrected chi connectivity index (χ2v) is 2.88. The molecule has 1 unspecified atom stereocenters. The minimum atomic E-state index is -0.462. The van der Waals surface area contributed by atoms with Crippen LogP contribution in [0.3, 0.4) is 0 Å². The predicted octanol–water partition coefficient (Wildman–Crippen LogP) is 2.60. The molecule has 1 N–H and O–H groups in total. The van der Waals surface area contributed by atoms with Crippen molar-refractivity contribution in [3.63, 3.8) is 0 Å². The molecular weight excluding hydrogens is 148 g/mol. The van der Waals surface area contributed by atoms with E-state index in [2.05, 4.69) is 0 Å². The molecule has 1 atom stereocenters. The second-order valence-electron chi connectivity index (χ2n) is 2.88. The zero-order valence-electron chi connectivity index (χ0n) is 7.49. The Morgan fingerprint density at radius 1 is 1.25 bits per heavy atom. The lowest BCUT2D eigenvalue weighted by atomic mass is 10.1. The van der Waals surface area contributed by atoms with Crippen LogP contribution in [0.25, 0.3) is 0 Å². The van der Waals surface area contributed by atoms with Crippen molar-refractivity contribution in [2.24, 2.45) is 0 Å². The molecule has 0 aliphatic carbocycles. The number of rotatable bonds is 2. The van der Waals surface area contributed by atoms with E-state index >= 15 is 0 Å². The predicted molar refractivity (Wildman–Crippen MR) is 51.0 cm³/mol. The summed E-state index contributed by atoms with van der Waals surface area (Å²) in [6.45, 7) is 3.93. The molecule has 0 amide bonds. The van der Waals surface area contributed by atoms with E-state index in [0.29, 0.717) is 0 Å². The van der Waals surface area contributed by atoms with Crippen molar-refractivity contribution in [2.45, 2.75) is 20.0 Å². The van der Waals surface area contributed by atoms with Crippen molar-refractivity contribution in [1.82, 2.24) is 0 Å². The van der Waals surface area contributed by atoms with E-state index in [1.54, 1.807) is 6.08 Å². The molecular formula is C11H14O. The molecule has 1 aromatic carbocycles. The van der Waals surface area contributed by atoms with Crippen LogP contribution in [0, 0.1) is 6.92 Å². The van der Waals surface area contributed by atoms with Crippen LogP contribution in [0.5, 0.6) is 0 Å². The van der Waals surface area contributed by atoms with Crippen molar-refractivity contribution in [3.05, 3.63) is 47.5 Å². The first-order valence-electron chi connectivity index (χ1n) is 4.11. The average molecular weight is 162 g/mol.